The minimum Gasteiger partial charge on any atom is -0.497 e. The molecule has 2 rings (SSSR count). The Hall–Kier alpha value is -1.46. The number of carbonyl (C=O) groups excluding carboxylic acids is 1. The highest BCUT2D eigenvalue weighted by Gasteiger charge is 2.46. The lowest BCUT2D eigenvalue weighted by Crippen LogP contribution is -2.45. The third kappa shape index (κ3) is 9.02. The molecule has 0 saturated carbocycles. The van der Waals surface area contributed by atoms with Crippen LogP contribution in [0, 0.1) is 5.92 Å². The summed E-state index contributed by atoms with van der Waals surface area (Å²) in [5.41, 5.74) is 1.27. The number of hydrogen-bond acceptors (Lipinski definition) is 6. The summed E-state index contributed by atoms with van der Waals surface area (Å²) in [7, 11) is -0.534. The van der Waals surface area contributed by atoms with E-state index in [1.807, 2.05) is 55.2 Å². The number of esters is 1. The van der Waals surface area contributed by atoms with Gasteiger partial charge in [0, 0.05) is 11.5 Å². The van der Waals surface area contributed by atoms with Gasteiger partial charge < -0.3 is 23.4 Å². The smallest absolute Gasteiger partial charge is 0.308 e. The normalized spacial score (nSPS) is 24.2. The van der Waals surface area contributed by atoms with Gasteiger partial charge in [-0.15, -0.1) is 13.2 Å². The van der Waals surface area contributed by atoms with Crippen LogP contribution in [-0.2, 0) is 23.4 Å². The number of hydrogen-bond donors (Lipinski definition) is 0. The van der Waals surface area contributed by atoms with Gasteiger partial charge in [0.05, 0.1) is 25.2 Å². The van der Waals surface area contributed by atoms with E-state index in [9.17, 15) is 4.79 Å². The van der Waals surface area contributed by atoms with Crippen molar-refractivity contribution in [3.05, 3.63) is 64.8 Å². The zero-order valence-corrected chi connectivity index (χ0v) is 28.9. The van der Waals surface area contributed by atoms with E-state index in [1.54, 1.807) is 13.2 Å². The predicted octanol–water partition coefficient (Wildman–Crippen LogP) is 8.69. The van der Waals surface area contributed by atoms with Gasteiger partial charge in [-0.1, -0.05) is 74.6 Å². The molecule has 1 aromatic carbocycles. The minimum absolute atomic E-state index is 0.000844. The summed E-state index contributed by atoms with van der Waals surface area (Å²) in [5, 5.41) is -0.00440. The van der Waals surface area contributed by atoms with Crippen molar-refractivity contribution in [1.29, 1.82) is 0 Å². The van der Waals surface area contributed by atoms with Crippen molar-refractivity contribution in [3.8, 4) is 5.75 Å². The molecule has 40 heavy (non-hydrogen) atoms. The van der Waals surface area contributed by atoms with Crippen molar-refractivity contribution in [1.82, 2.24) is 0 Å². The number of rotatable bonds is 14. The molecular formula is C32H49IO6Si. The fourth-order valence-corrected chi connectivity index (χ4v) is 6.19. The minimum atomic E-state index is -2.17. The quantitative estimate of drug-likeness (QED) is 0.0846. The number of carbonyl (C=O) groups is 1. The average Bonchev–Trinajstić information content (AvgIpc) is 3.25. The molecule has 0 amide bonds. The van der Waals surface area contributed by atoms with Crippen LogP contribution >= 0.6 is 22.6 Å². The Bertz CT molecular complexity index is 1030. The van der Waals surface area contributed by atoms with Crippen molar-refractivity contribution in [2.24, 2.45) is 5.92 Å². The second-order valence-electron chi connectivity index (χ2n) is 12.4. The van der Waals surface area contributed by atoms with Gasteiger partial charge in [0.1, 0.15) is 18.0 Å². The van der Waals surface area contributed by atoms with Crippen molar-refractivity contribution in [3.63, 3.8) is 0 Å². The number of ether oxygens (including phenoxy) is 4. The Morgan fingerprint density at radius 1 is 1.23 bits per heavy atom. The Labute approximate surface area is 256 Å². The van der Waals surface area contributed by atoms with Gasteiger partial charge in [-0.25, -0.2) is 0 Å². The predicted molar refractivity (Wildman–Crippen MR) is 173 cm³/mol. The van der Waals surface area contributed by atoms with Gasteiger partial charge in [0.15, 0.2) is 14.6 Å². The number of methoxy groups -OCH3 is 1. The third-order valence-corrected chi connectivity index (χ3v) is 13.7. The molecule has 6 nitrogen and oxygen atoms in total. The fraction of sp³-hybridized carbons (Fsp3) is 0.594. The maximum atomic E-state index is 13.3. The monoisotopic (exact) mass is 684 g/mol. The first-order chi connectivity index (χ1) is 18.6. The third-order valence-electron chi connectivity index (χ3n) is 8.20. The Balaban J connectivity index is 2.23. The molecule has 1 fully saturated rings. The Morgan fingerprint density at radius 2 is 1.85 bits per heavy atom. The second kappa shape index (κ2) is 14.6. The molecule has 6 atom stereocenters. The van der Waals surface area contributed by atoms with Crippen LogP contribution in [-0.4, -0.2) is 45.3 Å². The van der Waals surface area contributed by atoms with Gasteiger partial charge in [0.2, 0.25) is 0 Å². The molecular weight excluding hydrogens is 635 g/mol. The molecule has 1 aliphatic rings. The first-order valence-electron chi connectivity index (χ1n) is 14.0. The lowest BCUT2D eigenvalue weighted by atomic mass is 9.91. The summed E-state index contributed by atoms with van der Waals surface area (Å²) in [6, 6.07) is 7.68. The molecule has 8 heteroatoms. The summed E-state index contributed by atoms with van der Waals surface area (Å²) >= 11 is 2.18. The molecule has 1 unspecified atom stereocenters. The highest BCUT2D eigenvalue weighted by atomic mass is 127. The average molecular weight is 685 g/mol. The van der Waals surface area contributed by atoms with Crippen molar-refractivity contribution in [2.75, 3.05) is 7.11 Å². The summed E-state index contributed by atoms with van der Waals surface area (Å²) < 4.78 is 32.8. The molecule has 1 saturated heterocycles. The van der Waals surface area contributed by atoms with Crippen LogP contribution in [0.3, 0.4) is 0 Å². The van der Waals surface area contributed by atoms with Gasteiger partial charge >= 0.3 is 5.97 Å². The van der Waals surface area contributed by atoms with Crippen LogP contribution in [0.15, 0.2) is 59.2 Å². The van der Waals surface area contributed by atoms with Crippen LogP contribution in [0.25, 0.3) is 0 Å². The summed E-state index contributed by atoms with van der Waals surface area (Å²) in [6.45, 7) is 24.9. The van der Waals surface area contributed by atoms with E-state index in [-0.39, 0.29) is 41.7 Å². The van der Waals surface area contributed by atoms with Gasteiger partial charge in [-0.2, -0.15) is 0 Å². The van der Waals surface area contributed by atoms with Crippen LogP contribution in [0.4, 0.5) is 0 Å². The zero-order valence-electron chi connectivity index (χ0n) is 25.8. The maximum Gasteiger partial charge on any atom is 0.308 e. The maximum absolute atomic E-state index is 13.3. The van der Waals surface area contributed by atoms with Crippen molar-refractivity contribution in [2.45, 2.75) is 109 Å². The van der Waals surface area contributed by atoms with Crippen LogP contribution in [0.1, 0.15) is 72.7 Å². The van der Waals surface area contributed by atoms with Gasteiger partial charge in [-0.05, 0) is 66.6 Å². The van der Waals surface area contributed by atoms with E-state index in [2.05, 4.69) is 69.6 Å². The van der Waals surface area contributed by atoms with E-state index in [1.165, 1.54) is 0 Å². The molecule has 224 valence electrons. The number of halogens is 1. The summed E-state index contributed by atoms with van der Waals surface area (Å²) in [5.74, 6) is 0.502. The van der Waals surface area contributed by atoms with Crippen LogP contribution in [0.5, 0.6) is 5.75 Å². The highest BCUT2D eigenvalue weighted by Crippen LogP contribution is 2.43. The van der Waals surface area contributed by atoms with Gasteiger partial charge in [-0.3, -0.25) is 4.79 Å². The molecule has 0 radical (unpaired) electrons. The SMILES string of the molecule is C=C[C@@H]1OC(c2ccc(OC)cc2)O[C@]1(C)CC[C@H](CC(=O)O[C@H](/C(C)=C/I)[C@@H](C)C=C)O[Si](C)(C)C(C)(C)C. The molecule has 0 aliphatic carbocycles. The summed E-state index contributed by atoms with van der Waals surface area (Å²) in [4.78, 5) is 13.3. The largest absolute Gasteiger partial charge is 0.497 e. The lowest BCUT2D eigenvalue weighted by molar-refractivity contribution is -0.151. The van der Waals surface area contributed by atoms with E-state index in [0.717, 1.165) is 16.9 Å². The lowest BCUT2D eigenvalue weighted by Gasteiger charge is -2.40. The van der Waals surface area contributed by atoms with Crippen LogP contribution < -0.4 is 4.74 Å². The molecule has 1 aliphatic heterocycles. The van der Waals surface area contributed by atoms with Gasteiger partial charge in [0.25, 0.3) is 0 Å². The second-order valence-corrected chi connectivity index (χ2v) is 17.8. The van der Waals surface area contributed by atoms with Crippen LogP contribution in [0.2, 0.25) is 18.1 Å². The topological polar surface area (TPSA) is 63.2 Å². The molecule has 0 aromatic heterocycles. The molecule has 0 bridgehead atoms. The number of benzene rings is 1. The van der Waals surface area contributed by atoms with E-state index >= 15 is 0 Å². The first kappa shape index (κ1) is 34.7. The Morgan fingerprint density at radius 3 is 2.35 bits per heavy atom. The molecule has 1 aromatic rings. The van der Waals surface area contributed by atoms with E-state index in [4.69, 9.17) is 23.4 Å². The van der Waals surface area contributed by atoms with Crippen molar-refractivity contribution < 1.29 is 28.2 Å². The van der Waals surface area contributed by atoms with E-state index in [0.29, 0.717) is 12.8 Å². The highest BCUT2D eigenvalue weighted by molar-refractivity contribution is 14.1. The fourth-order valence-electron chi connectivity index (χ4n) is 4.45. The Kier molecular flexibility index (Phi) is 12.7. The molecule has 0 N–H and O–H groups in total. The summed E-state index contributed by atoms with van der Waals surface area (Å²) in [6.07, 6.45) is 3.52. The van der Waals surface area contributed by atoms with Crippen molar-refractivity contribution >= 4 is 36.9 Å². The first-order valence-corrected chi connectivity index (χ1v) is 18.1. The van der Waals surface area contributed by atoms with E-state index < -0.39 is 20.2 Å². The zero-order chi connectivity index (χ0) is 30.3. The standard InChI is InChI=1S/C32H49IO6Si/c1-12-22(3)29(23(4)21-33)37-28(34)20-26(39-40(10,11)31(5,6)7)18-19-32(8)27(13-2)36-30(38-32)24-14-16-25(35-9)17-15-24/h12-17,21-22,26-27,29-30H,1-2,18-20H2,3-11H3/b23-21+/t22-,26+,27-,29-,30?,32+/m0/s1. The molecule has 0 spiro atoms. The molecule has 1 heterocycles.